The number of nitrogens with zero attached hydrogens (tertiary/aromatic N) is 3. The number of thiocarbonyl (C=S) groups is 1. The Morgan fingerprint density at radius 2 is 1.89 bits per heavy atom. The van der Waals surface area contributed by atoms with Crippen LogP contribution in [0.15, 0.2) is 47.4 Å². The summed E-state index contributed by atoms with van der Waals surface area (Å²) in [5, 5.41) is 23.0. The molecule has 1 saturated heterocycles. The molecular weight excluding hydrogens is 411 g/mol. The van der Waals surface area contributed by atoms with Crippen molar-refractivity contribution in [1.29, 1.82) is 0 Å². The summed E-state index contributed by atoms with van der Waals surface area (Å²) in [5.74, 6) is -1.06. The van der Waals surface area contributed by atoms with Crippen LogP contribution in [0.5, 0.6) is 0 Å². The van der Waals surface area contributed by atoms with E-state index in [1.807, 2.05) is 0 Å². The molecule has 1 amide bonds. The number of thioether (sulfide) groups is 1. The summed E-state index contributed by atoms with van der Waals surface area (Å²) < 4.78 is 13.4. The van der Waals surface area contributed by atoms with Gasteiger partial charge in [-0.3, -0.25) is 30.4 Å². The number of anilines is 1. The van der Waals surface area contributed by atoms with E-state index in [0.717, 1.165) is 35.0 Å². The van der Waals surface area contributed by atoms with Crippen LogP contribution in [0.4, 0.5) is 21.5 Å². The number of nitro groups is 2. The highest BCUT2D eigenvalue weighted by atomic mass is 32.2. The molecule has 28 heavy (non-hydrogen) atoms. The van der Waals surface area contributed by atoms with Crippen LogP contribution in [-0.4, -0.2) is 25.1 Å². The summed E-state index contributed by atoms with van der Waals surface area (Å²) >= 11 is 6.05. The lowest BCUT2D eigenvalue weighted by Crippen LogP contribution is -2.34. The van der Waals surface area contributed by atoms with E-state index >= 15 is 0 Å². The summed E-state index contributed by atoms with van der Waals surface area (Å²) in [5.41, 5.74) is 1.78. The molecule has 1 aliphatic rings. The highest BCUT2D eigenvalue weighted by Gasteiger charge is 2.34. The molecule has 0 atom stereocenters. The third-order valence-corrected chi connectivity index (χ3v) is 4.86. The van der Waals surface area contributed by atoms with Gasteiger partial charge in [0.1, 0.15) is 11.5 Å². The molecule has 1 heterocycles. The van der Waals surface area contributed by atoms with Crippen LogP contribution in [0.2, 0.25) is 0 Å². The van der Waals surface area contributed by atoms with Gasteiger partial charge >= 0.3 is 5.69 Å². The van der Waals surface area contributed by atoms with E-state index in [9.17, 15) is 29.4 Å². The number of benzene rings is 2. The van der Waals surface area contributed by atoms with Crippen molar-refractivity contribution in [3.63, 3.8) is 0 Å². The fraction of sp³-hybridized carbons (Fsp3) is 0. The van der Waals surface area contributed by atoms with Gasteiger partial charge in [-0.15, -0.1) is 0 Å². The number of hydrogen-bond donors (Lipinski definition) is 1. The van der Waals surface area contributed by atoms with E-state index in [0.29, 0.717) is 5.56 Å². The van der Waals surface area contributed by atoms with Crippen molar-refractivity contribution < 1.29 is 19.0 Å². The molecule has 12 heteroatoms. The lowest BCUT2D eigenvalue weighted by Gasteiger charge is -2.16. The van der Waals surface area contributed by atoms with E-state index in [2.05, 4.69) is 5.43 Å². The van der Waals surface area contributed by atoms with Crippen molar-refractivity contribution in [1.82, 2.24) is 5.01 Å². The number of carbonyl (C=O) groups is 1. The van der Waals surface area contributed by atoms with Crippen LogP contribution in [0.25, 0.3) is 6.08 Å². The lowest BCUT2D eigenvalue weighted by atomic mass is 10.2. The number of non-ortho nitro benzene ring substituents is 1. The third-order valence-electron chi connectivity index (χ3n) is 3.56. The molecule has 2 aromatic carbocycles. The second-order valence-electron chi connectivity index (χ2n) is 5.40. The Morgan fingerprint density at radius 3 is 2.54 bits per heavy atom. The van der Waals surface area contributed by atoms with Gasteiger partial charge in [-0.2, -0.15) is 0 Å². The number of halogens is 1. The number of nitro benzene ring substituents is 2. The van der Waals surface area contributed by atoms with Crippen molar-refractivity contribution in [3.8, 4) is 0 Å². The first kappa shape index (κ1) is 19.4. The molecule has 0 bridgehead atoms. The summed E-state index contributed by atoms with van der Waals surface area (Å²) in [6.07, 6.45) is 1.44. The number of amides is 1. The maximum Gasteiger partial charge on any atom is 0.300 e. The Morgan fingerprint density at radius 1 is 1.14 bits per heavy atom. The number of carbonyl (C=O) groups excluding carboxylic acids is 1. The minimum Gasteiger partial charge on any atom is -0.283 e. The standard InChI is InChI=1S/C16H9FN4O5S2/c17-10-3-1-2-9(6-10)7-14-15(22)19(16(27)28-14)18-12-5-4-11(20(23)24)8-13(12)21(25)26/h1-8,18H/b14-7+. The molecule has 3 rings (SSSR count). The minimum atomic E-state index is -0.810. The fourth-order valence-electron chi connectivity index (χ4n) is 2.31. The van der Waals surface area contributed by atoms with Crippen molar-refractivity contribution in [3.05, 3.63) is 79.0 Å². The monoisotopic (exact) mass is 420 g/mol. The summed E-state index contributed by atoms with van der Waals surface area (Å²) in [6, 6.07) is 8.55. The van der Waals surface area contributed by atoms with E-state index < -0.39 is 32.9 Å². The van der Waals surface area contributed by atoms with Gasteiger partial charge in [-0.1, -0.05) is 23.9 Å². The number of nitrogens with one attached hydrogen (secondary N) is 1. The average Bonchev–Trinajstić information content (AvgIpc) is 2.89. The number of hydrazine groups is 1. The van der Waals surface area contributed by atoms with Crippen LogP contribution in [0.3, 0.4) is 0 Å². The highest BCUT2D eigenvalue weighted by molar-refractivity contribution is 8.26. The second-order valence-corrected chi connectivity index (χ2v) is 7.08. The topological polar surface area (TPSA) is 119 Å². The van der Waals surface area contributed by atoms with Gasteiger partial charge < -0.3 is 0 Å². The Bertz CT molecular complexity index is 1060. The molecule has 142 valence electrons. The summed E-state index contributed by atoms with van der Waals surface area (Å²) in [7, 11) is 0. The van der Waals surface area contributed by atoms with Crippen molar-refractivity contribution in [2.24, 2.45) is 0 Å². The van der Waals surface area contributed by atoms with Gasteiger partial charge in [-0.25, -0.2) is 9.40 Å². The molecule has 0 aromatic heterocycles. The SMILES string of the molecule is O=C1/C(=C\c2cccc(F)c2)SC(=S)N1Nc1ccc([N+](=O)[O-])cc1[N+](=O)[O-]. The van der Waals surface area contributed by atoms with Crippen molar-refractivity contribution >= 4 is 57.3 Å². The second kappa shape index (κ2) is 7.70. The Kier molecular flexibility index (Phi) is 5.33. The maximum atomic E-state index is 13.3. The normalized spacial score (nSPS) is 15.2. The zero-order valence-electron chi connectivity index (χ0n) is 13.7. The quantitative estimate of drug-likeness (QED) is 0.335. The Balaban J connectivity index is 1.89. The number of rotatable bonds is 5. The van der Waals surface area contributed by atoms with Gasteiger partial charge in [0, 0.05) is 6.07 Å². The summed E-state index contributed by atoms with van der Waals surface area (Å²) in [6.45, 7) is 0. The molecule has 2 aromatic rings. The zero-order chi connectivity index (χ0) is 20.4. The van der Waals surface area contributed by atoms with Crippen LogP contribution in [-0.2, 0) is 4.79 Å². The Hall–Kier alpha value is -3.38. The van der Waals surface area contributed by atoms with E-state index in [1.165, 1.54) is 24.3 Å². The Labute approximate surface area is 166 Å². The van der Waals surface area contributed by atoms with Crippen molar-refractivity contribution in [2.45, 2.75) is 0 Å². The first-order valence-corrected chi connectivity index (χ1v) is 8.72. The van der Waals surface area contributed by atoms with Gasteiger partial charge in [0.25, 0.3) is 11.6 Å². The van der Waals surface area contributed by atoms with Crippen LogP contribution in [0, 0.1) is 26.0 Å². The molecule has 1 aliphatic heterocycles. The zero-order valence-corrected chi connectivity index (χ0v) is 15.3. The molecule has 0 aliphatic carbocycles. The minimum absolute atomic E-state index is 0.0697. The number of hydrogen-bond acceptors (Lipinski definition) is 8. The predicted octanol–water partition coefficient (Wildman–Crippen LogP) is 3.87. The maximum absolute atomic E-state index is 13.3. The van der Waals surface area contributed by atoms with E-state index in [4.69, 9.17) is 12.2 Å². The van der Waals surface area contributed by atoms with Gasteiger partial charge in [0.05, 0.1) is 20.8 Å². The van der Waals surface area contributed by atoms with E-state index in [-0.39, 0.29) is 14.9 Å². The van der Waals surface area contributed by atoms with Crippen LogP contribution < -0.4 is 5.43 Å². The van der Waals surface area contributed by atoms with E-state index in [1.54, 1.807) is 6.07 Å². The van der Waals surface area contributed by atoms with Crippen LogP contribution in [0.1, 0.15) is 5.56 Å². The van der Waals surface area contributed by atoms with Gasteiger partial charge in [-0.05, 0) is 42.1 Å². The molecule has 0 saturated carbocycles. The molecule has 9 nitrogen and oxygen atoms in total. The molecular formula is C16H9FN4O5S2. The molecule has 1 fully saturated rings. The summed E-state index contributed by atoms with van der Waals surface area (Å²) in [4.78, 5) is 33.2. The third kappa shape index (κ3) is 3.97. The van der Waals surface area contributed by atoms with Crippen molar-refractivity contribution in [2.75, 3.05) is 5.43 Å². The highest BCUT2D eigenvalue weighted by Crippen LogP contribution is 2.35. The first-order chi connectivity index (χ1) is 13.3. The molecule has 0 spiro atoms. The average molecular weight is 420 g/mol. The molecule has 0 radical (unpaired) electrons. The predicted molar refractivity (Wildman–Crippen MR) is 105 cm³/mol. The molecule has 0 unspecified atom stereocenters. The first-order valence-electron chi connectivity index (χ1n) is 7.49. The smallest absolute Gasteiger partial charge is 0.283 e. The van der Waals surface area contributed by atoms with Gasteiger partial charge in [0.15, 0.2) is 4.32 Å². The molecule has 1 N–H and O–H groups in total. The lowest BCUT2D eigenvalue weighted by molar-refractivity contribution is -0.393. The van der Waals surface area contributed by atoms with Gasteiger partial charge in [0.2, 0.25) is 0 Å². The fourth-order valence-corrected chi connectivity index (χ4v) is 3.49. The largest absolute Gasteiger partial charge is 0.300 e. The van der Waals surface area contributed by atoms with Crippen LogP contribution >= 0.6 is 24.0 Å².